The molecule has 8 atom stereocenters. The lowest BCUT2D eigenvalue weighted by Crippen LogP contribution is -2.61. The van der Waals surface area contributed by atoms with Crippen molar-refractivity contribution in [1.82, 2.24) is 5.32 Å². The molecule has 0 aliphatic carbocycles. The molecule has 6 N–H and O–H groups in total. The van der Waals surface area contributed by atoms with Crippen molar-refractivity contribution >= 4 is 11.9 Å². The average molecular weight is 1100 g/mol. The lowest BCUT2D eigenvalue weighted by molar-refractivity contribution is -0.305. The maximum absolute atomic E-state index is 13.4. The number of carbonyl (C=O) groups excluding carboxylic acids is 2. The number of allylic oxidation sites excluding steroid dienone is 19. The fraction of sp³-hybridized carbons (Fsp3) is 0.676. The van der Waals surface area contributed by atoms with Crippen LogP contribution in [0.4, 0.5) is 0 Å². The molecule has 0 saturated carbocycles. The number of carbonyl (C=O) groups is 2. The first-order valence-corrected chi connectivity index (χ1v) is 31.3. The van der Waals surface area contributed by atoms with E-state index < -0.39 is 67.4 Å². The van der Waals surface area contributed by atoms with E-state index in [9.17, 15) is 35.1 Å². The van der Waals surface area contributed by atoms with Crippen LogP contribution < -0.4 is 5.32 Å². The van der Waals surface area contributed by atoms with Crippen LogP contribution in [-0.2, 0) is 23.8 Å². The second kappa shape index (κ2) is 54.6. The molecule has 11 heteroatoms. The molecule has 1 heterocycles. The first-order chi connectivity index (χ1) is 38.7. The van der Waals surface area contributed by atoms with Crippen molar-refractivity contribution in [2.24, 2.45) is 0 Å². The molecule has 1 rings (SSSR count). The van der Waals surface area contributed by atoms with Crippen LogP contribution in [0.15, 0.2) is 122 Å². The Kier molecular flexibility index (Phi) is 50.5. The number of rotatable bonds is 51. The Morgan fingerprint density at radius 3 is 1.39 bits per heavy atom. The topological polar surface area (TPSA) is 175 Å². The molecule has 450 valence electrons. The van der Waals surface area contributed by atoms with Crippen LogP contribution in [0.2, 0.25) is 0 Å². The first-order valence-electron chi connectivity index (χ1n) is 31.3. The highest BCUT2D eigenvalue weighted by Crippen LogP contribution is 2.26. The largest absolute Gasteiger partial charge is 0.454 e. The van der Waals surface area contributed by atoms with E-state index in [1.54, 1.807) is 6.08 Å². The van der Waals surface area contributed by atoms with E-state index in [0.29, 0.717) is 19.3 Å². The number of amides is 1. The summed E-state index contributed by atoms with van der Waals surface area (Å²) in [5.41, 5.74) is 0. The van der Waals surface area contributed by atoms with Crippen LogP contribution in [0.1, 0.15) is 233 Å². The van der Waals surface area contributed by atoms with Crippen molar-refractivity contribution in [2.45, 2.75) is 282 Å². The van der Waals surface area contributed by atoms with Crippen molar-refractivity contribution in [3.05, 3.63) is 122 Å². The Balaban J connectivity index is 2.71. The average Bonchev–Trinajstić information content (AvgIpc) is 3.45. The predicted octanol–water partition coefficient (Wildman–Crippen LogP) is 15.1. The van der Waals surface area contributed by atoms with Gasteiger partial charge in [-0.1, -0.05) is 232 Å². The Bertz CT molecular complexity index is 1740. The minimum atomic E-state index is -1.63. The van der Waals surface area contributed by atoms with E-state index in [0.717, 1.165) is 116 Å². The molecule has 0 aromatic rings. The molecule has 0 aromatic carbocycles. The van der Waals surface area contributed by atoms with E-state index in [1.165, 1.54) is 64.2 Å². The van der Waals surface area contributed by atoms with E-state index in [1.807, 2.05) is 12.2 Å². The molecule has 0 aromatic heterocycles. The summed E-state index contributed by atoms with van der Waals surface area (Å²) in [6, 6.07) is -1.06. The molecule has 0 bridgehead atoms. The number of nitrogens with one attached hydrogen (secondary N) is 1. The number of aliphatic hydroxyl groups excluding tert-OH is 5. The molecule has 0 spiro atoms. The second-order valence-electron chi connectivity index (χ2n) is 21.0. The van der Waals surface area contributed by atoms with Crippen LogP contribution in [-0.4, -0.2) is 99.6 Å². The van der Waals surface area contributed by atoms with Crippen LogP contribution in [0.3, 0.4) is 0 Å². The van der Waals surface area contributed by atoms with Crippen molar-refractivity contribution in [3.63, 3.8) is 0 Å². The minimum Gasteiger partial charge on any atom is -0.454 e. The standard InChI is InChI=1S/C68H113NO10/c1-4-7-10-13-16-19-22-24-26-28-30-32-33-35-37-40-43-46-49-52-55-61(72)67(76)69-59(60(71)54-51-48-45-42-39-21-18-15-12-9-6-3)58-77-68-66(65(75)64(74)62(57-70)78-68)79-63(73)56-53-50-47-44-41-38-36-34-31-29-27-25-23-20-17-14-11-8-5-2/h7,10,16-17,19-20,24-27,30-32,34-35,37,43,46,51,54,59-62,64-66,68,70-72,74-75H,4-6,8-9,11-15,18,21-23,28-29,33,36,38-42,44-45,47-50,52-53,55-58H2,1-3H3,(H,69,76)/b10-7-,19-16-,20-17-,26-24-,27-25-,32-30-,34-31-,37-35-,46-43-,54-51+. The molecule has 1 aliphatic heterocycles. The summed E-state index contributed by atoms with van der Waals surface area (Å²) in [6.45, 7) is 5.59. The number of aliphatic hydroxyl groups is 5. The molecular weight excluding hydrogens is 991 g/mol. The smallest absolute Gasteiger partial charge is 0.306 e. The van der Waals surface area contributed by atoms with Crippen LogP contribution in [0.5, 0.6) is 0 Å². The predicted molar refractivity (Wildman–Crippen MR) is 328 cm³/mol. The summed E-state index contributed by atoms with van der Waals surface area (Å²) in [7, 11) is 0. The molecule has 1 amide bonds. The molecule has 79 heavy (non-hydrogen) atoms. The zero-order valence-electron chi connectivity index (χ0n) is 49.7. The van der Waals surface area contributed by atoms with Crippen LogP contribution >= 0.6 is 0 Å². The summed E-state index contributed by atoms with van der Waals surface area (Å²) in [6.07, 6.45) is 65.2. The van der Waals surface area contributed by atoms with Gasteiger partial charge < -0.3 is 45.1 Å². The highest BCUT2D eigenvalue weighted by molar-refractivity contribution is 5.80. The van der Waals surface area contributed by atoms with Crippen LogP contribution in [0.25, 0.3) is 0 Å². The molecular formula is C68H113NO10. The summed E-state index contributed by atoms with van der Waals surface area (Å²) in [5, 5.41) is 56.9. The monoisotopic (exact) mass is 1100 g/mol. The van der Waals surface area contributed by atoms with Gasteiger partial charge in [0, 0.05) is 6.42 Å². The molecule has 1 saturated heterocycles. The second-order valence-corrected chi connectivity index (χ2v) is 21.0. The molecule has 1 fully saturated rings. The number of ether oxygens (including phenoxy) is 3. The van der Waals surface area contributed by atoms with Gasteiger partial charge >= 0.3 is 5.97 Å². The van der Waals surface area contributed by atoms with E-state index in [4.69, 9.17) is 14.2 Å². The van der Waals surface area contributed by atoms with Gasteiger partial charge in [-0.15, -0.1) is 0 Å². The zero-order chi connectivity index (χ0) is 57.5. The van der Waals surface area contributed by atoms with Gasteiger partial charge in [0.2, 0.25) is 5.91 Å². The van der Waals surface area contributed by atoms with E-state index in [-0.39, 0.29) is 19.4 Å². The van der Waals surface area contributed by atoms with Crippen molar-refractivity contribution < 1.29 is 49.3 Å². The van der Waals surface area contributed by atoms with Gasteiger partial charge in [0.1, 0.15) is 24.4 Å². The van der Waals surface area contributed by atoms with E-state index in [2.05, 4.69) is 129 Å². The highest BCUT2D eigenvalue weighted by Gasteiger charge is 2.47. The van der Waals surface area contributed by atoms with Crippen LogP contribution in [0, 0.1) is 0 Å². The van der Waals surface area contributed by atoms with Gasteiger partial charge in [0.15, 0.2) is 12.4 Å². The Morgan fingerprint density at radius 2 is 0.911 bits per heavy atom. The summed E-state index contributed by atoms with van der Waals surface area (Å²) >= 11 is 0. The number of esters is 1. The third kappa shape index (κ3) is 42.6. The quantitative estimate of drug-likeness (QED) is 0.0195. The normalized spacial score (nSPS) is 19.7. The summed E-state index contributed by atoms with van der Waals surface area (Å²) in [5.74, 6) is -1.26. The van der Waals surface area contributed by atoms with E-state index >= 15 is 0 Å². The fourth-order valence-electron chi connectivity index (χ4n) is 8.90. The SMILES string of the molecule is CC/C=C\C/C=C\C/C=C\C/C=C\C/C=C\C/C=C\CCCC(O)C(=O)NC(COC1OC(CO)C(O)C(O)C1OC(=O)CCCCCCCC/C=C\C/C=C\C/C=C\CCCCC)C(O)/C=C/CCCCCCCCCCC. The maximum Gasteiger partial charge on any atom is 0.306 e. The van der Waals surface area contributed by atoms with Gasteiger partial charge in [-0.25, -0.2) is 0 Å². The lowest BCUT2D eigenvalue weighted by Gasteiger charge is -2.41. The molecule has 0 radical (unpaired) electrons. The number of hydrogen-bond acceptors (Lipinski definition) is 10. The number of hydrogen-bond donors (Lipinski definition) is 6. The van der Waals surface area contributed by atoms with Gasteiger partial charge in [-0.3, -0.25) is 9.59 Å². The van der Waals surface area contributed by atoms with Gasteiger partial charge in [0.25, 0.3) is 0 Å². The van der Waals surface area contributed by atoms with Crippen molar-refractivity contribution in [1.29, 1.82) is 0 Å². The summed E-state index contributed by atoms with van der Waals surface area (Å²) in [4.78, 5) is 26.5. The molecule has 11 nitrogen and oxygen atoms in total. The van der Waals surface area contributed by atoms with Gasteiger partial charge in [0.05, 0.1) is 25.4 Å². The third-order valence-corrected chi connectivity index (χ3v) is 13.8. The fourth-order valence-corrected chi connectivity index (χ4v) is 8.90. The Hall–Kier alpha value is -3.94. The third-order valence-electron chi connectivity index (χ3n) is 13.8. The number of unbranched alkanes of at least 4 members (excludes halogenated alkanes) is 19. The van der Waals surface area contributed by atoms with Gasteiger partial charge in [-0.05, 0) is 116 Å². The Morgan fingerprint density at radius 1 is 0.506 bits per heavy atom. The molecule has 8 unspecified atom stereocenters. The van der Waals surface area contributed by atoms with Gasteiger partial charge in [-0.2, -0.15) is 0 Å². The lowest BCUT2D eigenvalue weighted by atomic mass is 9.99. The molecule has 1 aliphatic rings. The Labute approximate surface area is 480 Å². The maximum atomic E-state index is 13.4. The first kappa shape index (κ1) is 73.1. The minimum absolute atomic E-state index is 0.0967. The highest BCUT2D eigenvalue weighted by atomic mass is 16.7. The van der Waals surface area contributed by atoms with Crippen molar-refractivity contribution in [3.8, 4) is 0 Å². The zero-order valence-corrected chi connectivity index (χ0v) is 49.7. The van der Waals surface area contributed by atoms with Crippen molar-refractivity contribution in [2.75, 3.05) is 13.2 Å². The summed E-state index contributed by atoms with van der Waals surface area (Å²) < 4.78 is 17.6.